The fourth-order valence-corrected chi connectivity index (χ4v) is 2.16. The zero-order chi connectivity index (χ0) is 20.0. The number of aromatic nitrogens is 1. The molecule has 144 valence electrons. The standard InChI is InChI=1S/C18H19F3N4O2/c1-25(2)9-8-23-17(27)15-10-12(6-7-22-15)16(26)24-14-5-3-4-13(11-14)18(19,20)21/h3-7,10-11H,8-9H2,1-2H3,(H,23,27)(H,24,26). The monoisotopic (exact) mass is 380 g/mol. The van der Waals surface area contributed by atoms with Crippen molar-refractivity contribution in [3.8, 4) is 0 Å². The van der Waals surface area contributed by atoms with Gasteiger partial charge in [-0.15, -0.1) is 0 Å². The molecular weight excluding hydrogens is 361 g/mol. The topological polar surface area (TPSA) is 74.3 Å². The third kappa shape index (κ3) is 6.07. The second kappa shape index (κ2) is 8.63. The highest BCUT2D eigenvalue weighted by atomic mass is 19.4. The number of anilines is 1. The maximum atomic E-state index is 12.8. The molecule has 0 unspecified atom stereocenters. The molecule has 0 fully saturated rings. The summed E-state index contributed by atoms with van der Waals surface area (Å²) in [7, 11) is 3.73. The summed E-state index contributed by atoms with van der Waals surface area (Å²) in [5, 5.41) is 5.06. The van der Waals surface area contributed by atoms with Gasteiger partial charge in [-0.2, -0.15) is 13.2 Å². The van der Waals surface area contributed by atoms with Gasteiger partial charge < -0.3 is 15.5 Å². The van der Waals surface area contributed by atoms with E-state index in [9.17, 15) is 22.8 Å². The summed E-state index contributed by atoms with van der Waals surface area (Å²) in [6.45, 7) is 1.05. The van der Waals surface area contributed by atoms with Gasteiger partial charge in [-0.25, -0.2) is 0 Å². The van der Waals surface area contributed by atoms with E-state index in [1.807, 2.05) is 19.0 Å². The maximum Gasteiger partial charge on any atom is 0.416 e. The van der Waals surface area contributed by atoms with Crippen LogP contribution in [0.5, 0.6) is 0 Å². The lowest BCUT2D eigenvalue weighted by molar-refractivity contribution is -0.137. The number of alkyl halides is 3. The van der Waals surface area contributed by atoms with Crippen LogP contribution in [0.3, 0.4) is 0 Å². The molecule has 0 aliphatic heterocycles. The summed E-state index contributed by atoms with van der Waals surface area (Å²) in [5.41, 5.74) is -0.703. The van der Waals surface area contributed by atoms with Crippen LogP contribution in [-0.4, -0.2) is 48.9 Å². The van der Waals surface area contributed by atoms with Crippen molar-refractivity contribution in [1.29, 1.82) is 0 Å². The Balaban J connectivity index is 2.08. The van der Waals surface area contributed by atoms with Crippen molar-refractivity contribution in [2.45, 2.75) is 6.18 Å². The highest BCUT2D eigenvalue weighted by Gasteiger charge is 2.30. The molecule has 0 aliphatic rings. The average molecular weight is 380 g/mol. The molecular formula is C18H19F3N4O2. The van der Waals surface area contributed by atoms with Gasteiger partial charge in [0.25, 0.3) is 11.8 Å². The molecule has 0 aliphatic carbocycles. The van der Waals surface area contributed by atoms with E-state index in [2.05, 4.69) is 15.6 Å². The molecule has 2 rings (SSSR count). The highest BCUT2D eigenvalue weighted by Crippen LogP contribution is 2.30. The summed E-state index contributed by atoms with van der Waals surface area (Å²) in [6.07, 6.45) is -3.21. The van der Waals surface area contributed by atoms with Crippen molar-refractivity contribution in [3.05, 3.63) is 59.4 Å². The van der Waals surface area contributed by atoms with Crippen molar-refractivity contribution in [2.24, 2.45) is 0 Å². The minimum absolute atomic E-state index is 0.00335. The molecule has 6 nitrogen and oxygen atoms in total. The van der Waals surface area contributed by atoms with Crippen LogP contribution in [-0.2, 0) is 6.18 Å². The van der Waals surface area contributed by atoms with E-state index in [0.29, 0.717) is 13.1 Å². The van der Waals surface area contributed by atoms with Crippen LogP contribution in [0.4, 0.5) is 18.9 Å². The van der Waals surface area contributed by atoms with E-state index in [4.69, 9.17) is 0 Å². The van der Waals surface area contributed by atoms with Crippen LogP contribution in [0.2, 0.25) is 0 Å². The molecule has 0 spiro atoms. The zero-order valence-electron chi connectivity index (χ0n) is 14.8. The third-order valence-corrected chi connectivity index (χ3v) is 3.55. The Bertz CT molecular complexity index is 822. The first-order valence-corrected chi connectivity index (χ1v) is 8.04. The van der Waals surface area contributed by atoms with Crippen LogP contribution >= 0.6 is 0 Å². The van der Waals surface area contributed by atoms with Crippen molar-refractivity contribution in [1.82, 2.24) is 15.2 Å². The molecule has 0 atom stereocenters. The second-order valence-electron chi connectivity index (χ2n) is 6.02. The van der Waals surface area contributed by atoms with Crippen molar-refractivity contribution < 1.29 is 22.8 Å². The number of pyridine rings is 1. The van der Waals surface area contributed by atoms with Gasteiger partial charge in [-0.1, -0.05) is 6.07 Å². The zero-order valence-corrected chi connectivity index (χ0v) is 14.8. The van der Waals surface area contributed by atoms with Crippen molar-refractivity contribution in [3.63, 3.8) is 0 Å². The normalized spacial score (nSPS) is 11.3. The van der Waals surface area contributed by atoms with E-state index >= 15 is 0 Å². The Morgan fingerprint density at radius 2 is 1.85 bits per heavy atom. The minimum atomic E-state index is -4.50. The Labute approximate surface area is 154 Å². The predicted octanol–water partition coefficient (Wildman–Crippen LogP) is 2.64. The molecule has 0 radical (unpaired) electrons. The first-order chi connectivity index (χ1) is 12.7. The van der Waals surface area contributed by atoms with Gasteiger partial charge in [0.15, 0.2) is 0 Å². The van der Waals surface area contributed by atoms with Gasteiger partial charge in [0, 0.05) is 30.5 Å². The highest BCUT2D eigenvalue weighted by molar-refractivity contribution is 6.05. The van der Waals surface area contributed by atoms with E-state index in [1.54, 1.807) is 0 Å². The van der Waals surface area contributed by atoms with Crippen molar-refractivity contribution >= 4 is 17.5 Å². The van der Waals surface area contributed by atoms with Crippen LogP contribution in [0.15, 0.2) is 42.6 Å². The number of nitrogens with zero attached hydrogens (tertiary/aromatic N) is 2. The number of nitrogens with one attached hydrogen (secondary N) is 2. The number of rotatable bonds is 6. The number of benzene rings is 1. The minimum Gasteiger partial charge on any atom is -0.349 e. The number of hydrogen-bond donors (Lipinski definition) is 2. The quantitative estimate of drug-likeness (QED) is 0.808. The van der Waals surface area contributed by atoms with Crippen LogP contribution in [0.25, 0.3) is 0 Å². The molecule has 2 N–H and O–H groups in total. The number of carbonyl (C=O) groups is 2. The van der Waals surface area contributed by atoms with Gasteiger partial charge in [-0.3, -0.25) is 14.6 Å². The van der Waals surface area contributed by atoms with Crippen LogP contribution in [0.1, 0.15) is 26.4 Å². The molecule has 2 amide bonds. The first-order valence-electron chi connectivity index (χ1n) is 8.04. The Kier molecular flexibility index (Phi) is 6.51. The number of carbonyl (C=O) groups excluding carboxylic acids is 2. The first kappa shape index (κ1) is 20.4. The fourth-order valence-electron chi connectivity index (χ4n) is 2.16. The predicted molar refractivity (Wildman–Crippen MR) is 94.5 cm³/mol. The summed E-state index contributed by atoms with van der Waals surface area (Å²) >= 11 is 0. The van der Waals surface area contributed by atoms with Gasteiger partial charge in [0.05, 0.1) is 5.56 Å². The molecule has 1 aromatic carbocycles. The van der Waals surface area contributed by atoms with Gasteiger partial charge in [-0.05, 0) is 44.4 Å². The Morgan fingerprint density at radius 3 is 2.52 bits per heavy atom. The van der Waals surface area contributed by atoms with Crippen LogP contribution in [0, 0.1) is 0 Å². The Morgan fingerprint density at radius 1 is 1.11 bits per heavy atom. The SMILES string of the molecule is CN(C)CCNC(=O)c1cc(C(=O)Nc2cccc(C(F)(F)F)c2)ccn1. The third-order valence-electron chi connectivity index (χ3n) is 3.55. The summed E-state index contributed by atoms with van der Waals surface area (Å²) < 4.78 is 38.3. The lowest BCUT2D eigenvalue weighted by Crippen LogP contribution is -2.32. The van der Waals surface area contributed by atoms with E-state index in [0.717, 1.165) is 12.1 Å². The van der Waals surface area contributed by atoms with Gasteiger partial charge >= 0.3 is 6.18 Å². The van der Waals surface area contributed by atoms with E-state index < -0.39 is 23.6 Å². The largest absolute Gasteiger partial charge is 0.416 e. The van der Waals surface area contributed by atoms with E-state index in [1.165, 1.54) is 30.5 Å². The van der Waals surface area contributed by atoms with E-state index in [-0.39, 0.29) is 16.9 Å². The number of likely N-dealkylation sites (N-methyl/N-ethyl adjacent to an activating group) is 1. The average Bonchev–Trinajstić information content (AvgIpc) is 2.61. The lowest BCUT2D eigenvalue weighted by atomic mass is 10.1. The fraction of sp³-hybridized carbons (Fsp3) is 0.278. The molecule has 1 heterocycles. The molecule has 2 aromatic rings. The van der Waals surface area contributed by atoms with Crippen LogP contribution < -0.4 is 10.6 Å². The molecule has 9 heteroatoms. The molecule has 0 saturated heterocycles. The lowest BCUT2D eigenvalue weighted by Gasteiger charge is -2.11. The summed E-state index contributed by atoms with van der Waals surface area (Å²) in [5.74, 6) is -1.08. The molecule has 27 heavy (non-hydrogen) atoms. The summed E-state index contributed by atoms with van der Waals surface area (Å²) in [4.78, 5) is 30.2. The molecule has 1 aromatic heterocycles. The Hall–Kier alpha value is -2.94. The summed E-state index contributed by atoms with van der Waals surface area (Å²) in [6, 6.07) is 6.97. The maximum absolute atomic E-state index is 12.8. The molecule has 0 bridgehead atoms. The number of hydrogen-bond acceptors (Lipinski definition) is 4. The molecule has 0 saturated carbocycles. The number of amides is 2. The smallest absolute Gasteiger partial charge is 0.349 e. The second-order valence-corrected chi connectivity index (χ2v) is 6.02. The van der Waals surface area contributed by atoms with Gasteiger partial charge in [0.2, 0.25) is 0 Å². The number of halogens is 3. The van der Waals surface area contributed by atoms with Gasteiger partial charge in [0.1, 0.15) is 5.69 Å². The van der Waals surface area contributed by atoms with Crippen molar-refractivity contribution in [2.75, 3.05) is 32.5 Å².